The van der Waals surface area contributed by atoms with Gasteiger partial charge in [-0.1, -0.05) is 38.3 Å². The number of amides is 1. The second-order valence-corrected chi connectivity index (χ2v) is 5.59. The molecule has 2 aromatic carbocycles. The summed E-state index contributed by atoms with van der Waals surface area (Å²) in [6.07, 6.45) is 4.74. The number of ether oxygens (including phenoxy) is 2. The van der Waals surface area contributed by atoms with Crippen molar-refractivity contribution >= 4 is 11.6 Å². The number of carbonyl (C=O) groups excluding carboxylic acids is 1. The zero-order chi connectivity index (χ0) is 17.2. The van der Waals surface area contributed by atoms with Gasteiger partial charge in [0.2, 0.25) is 0 Å². The normalized spacial score (nSPS) is 10.2. The maximum absolute atomic E-state index is 12.3. The molecule has 2 rings (SSSR count). The Labute approximate surface area is 143 Å². The number of nitrogens with one attached hydrogen (secondary N) is 1. The first kappa shape index (κ1) is 17.9. The molecule has 0 aliphatic rings. The lowest BCUT2D eigenvalue weighted by atomic mass is 10.2. The van der Waals surface area contributed by atoms with Crippen LogP contribution in [0.5, 0.6) is 11.5 Å². The minimum absolute atomic E-state index is 0.194. The Bertz CT molecular complexity index is 638. The Kier molecular flexibility index (Phi) is 7.15. The Hall–Kier alpha value is -2.49. The summed E-state index contributed by atoms with van der Waals surface area (Å²) in [4.78, 5) is 12.3. The van der Waals surface area contributed by atoms with Gasteiger partial charge in [-0.15, -0.1) is 0 Å². The highest BCUT2D eigenvalue weighted by Gasteiger charge is 2.11. The van der Waals surface area contributed by atoms with Crippen LogP contribution in [0.1, 0.15) is 43.0 Å². The highest BCUT2D eigenvalue weighted by atomic mass is 16.5. The molecule has 0 radical (unpaired) electrons. The van der Waals surface area contributed by atoms with Crippen molar-refractivity contribution in [3.63, 3.8) is 0 Å². The predicted molar refractivity (Wildman–Crippen MR) is 97.0 cm³/mol. The van der Waals surface area contributed by atoms with Crippen molar-refractivity contribution in [1.29, 1.82) is 0 Å². The van der Waals surface area contributed by atoms with Crippen molar-refractivity contribution in [2.75, 3.05) is 19.0 Å². The molecule has 4 heteroatoms. The van der Waals surface area contributed by atoms with Crippen LogP contribution >= 0.6 is 0 Å². The molecule has 0 bridgehead atoms. The third-order valence-electron chi connectivity index (χ3n) is 3.73. The zero-order valence-corrected chi connectivity index (χ0v) is 14.4. The second kappa shape index (κ2) is 9.60. The van der Waals surface area contributed by atoms with Gasteiger partial charge in [-0.2, -0.15) is 0 Å². The van der Waals surface area contributed by atoms with E-state index in [2.05, 4.69) is 12.2 Å². The summed E-state index contributed by atoms with van der Waals surface area (Å²) >= 11 is 0. The van der Waals surface area contributed by atoms with E-state index < -0.39 is 0 Å². The van der Waals surface area contributed by atoms with Crippen LogP contribution in [0.15, 0.2) is 48.5 Å². The van der Waals surface area contributed by atoms with Gasteiger partial charge in [-0.05, 0) is 42.8 Å². The standard InChI is InChI=1S/C20H25NO3/c1-3-4-5-8-15-24-17-13-11-16(12-14-17)21-20(22)18-9-6-7-10-19(18)23-2/h6-7,9-14H,3-5,8,15H2,1-2H3,(H,21,22). The summed E-state index contributed by atoms with van der Waals surface area (Å²) in [5.41, 5.74) is 1.24. The number of hydrogen-bond acceptors (Lipinski definition) is 3. The first-order chi connectivity index (χ1) is 11.7. The number of unbranched alkanes of at least 4 members (excludes halogenated alkanes) is 3. The number of carbonyl (C=O) groups is 1. The van der Waals surface area contributed by atoms with E-state index in [9.17, 15) is 4.79 Å². The molecule has 0 heterocycles. The lowest BCUT2D eigenvalue weighted by Crippen LogP contribution is -2.13. The summed E-state index contributed by atoms with van der Waals surface area (Å²) < 4.78 is 10.9. The van der Waals surface area contributed by atoms with Crippen LogP contribution in [0.4, 0.5) is 5.69 Å². The van der Waals surface area contributed by atoms with Crippen LogP contribution in [0.25, 0.3) is 0 Å². The molecule has 0 aliphatic heterocycles. The van der Waals surface area contributed by atoms with Gasteiger partial charge < -0.3 is 14.8 Å². The highest BCUT2D eigenvalue weighted by Crippen LogP contribution is 2.21. The van der Waals surface area contributed by atoms with Gasteiger partial charge in [0.05, 0.1) is 19.3 Å². The third kappa shape index (κ3) is 5.30. The first-order valence-corrected chi connectivity index (χ1v) is 8.42. The molecule has 2 aromatic rings. The second-order valence-electron chi connectivity index (χ2n) is 5.59. The monoisotopic (exact) mass is 327 g/mol. The van der Waals surface area contributed by atoms with Crippen molar-refractivity contribution in [2.45, 2.75) is 32.6 Å². The van der Waals surface area contributed by atoms with E-state index in [1.54, 1.807) is 19.2 Å². The molecule has 0 fully saturated rings. The van der Waals surface area contributed by atoms with E-state index in [0.29, 0.717) is 11.3 Å². The molecule has 0 aromatic heterocycles. The zero-order valence-electron chi connectivity index (χ0n) is 14.4. The van der Waals surface area contributed by atoms with Gasteiger partial charge in [0, 0.05) is 5.69 Å². The number of benzene rings is 2. The highest BCUT2D eigenvalue weighted by molar-refractivity contribution is 6.06. The molecule has 0 saturated carbocycles. The molecule has 4 nitrogen and oxygen atoms in total. The molecule has 0 unspecified atom stereocenters. The van der Waals surface area contributed by atoms with Crippen LogP contribution in [0.2, 0.25) is 0 Å². The van der Waals surface area contributed by atoms with Gasteiger partial charge in [-0.3, -0.25) is 4.79 Å². The van der Waals surface area contributed by atoms with Gasteiger partial charge in [0.25, 0.3) is 5.91 Å². The number of methoxy groups -OCH3 is 1. The molecular formula is C20H25NO3. The largest absolute Gasteiger partial charge is 0.496 e. The number of anilines is 1. The van der Waals surface area contributed by atoms with Crippen LogP contribution in [0.3, 0.4) is 0 Å². The average molecular weight is 327 g/mol. The van der Waals surface area contributed by atoms with E-state index in [-0.39, 0.29) is 5.91 Å². The van der Waals surface area contributed by atoms with Gasteiger partial charge in [-0.25, -0.2) is 0 Å². The molecule has 0 aliphatic carbocycles. The summed E-state index contributed by atoms with van der Waals surface area (Å²) in [5.74, 6) is 1.18. The molecular weight excluding hydrogens is 302 g/mol. The maximum atomic E-state index is 12.3. The Morgan fingerprint density at radius 1 is 1.00 bits per heavy atom. The van der Waals surface area contributed by atoms with E-state index in [0.717, 1.165) is 24.5 Å². The van der Waals surface area contributed by atoms with Gasteiger partial charge in [0.1, 0.15) is 11.5 Å². The predicted octanol–water partition coefficient (Wildman–Crippen LogP) is 4.91. The minimum atomic E-state index is -0.194. The Morgan fingerprint density at radius 3 is 2.46 bits per heavy atom. The van der Waals surface area contributed by atoms with E-state index in [1.165, 1.54) is 19.3 Å². The summed E-state index contributed by atoms with van der Waals surface area (Å²) in [5, 5.41) is 2.87. The maximum Gasteiger partial charge on any atom is 0.259 e. The summed E-state index contributed by atoms with van der Waals surface area (Å²) in [7, 11) is 1.55. The lowest BCUT2D eigenvalue weighted by Gasteiger charge is -2.10. The van der Waals surface area contributed by atoms with E-state index in [1.807, 2.05) is 36.4 Å². The molecule has 0 spiro atoms. The number of hydrogen-bond donors (Lipinski definition) is 1. The van der Waals surface area contributed by atoms with Gasteiger partial charge >= 0.3 is 0 Å². The SMILES string of the molecule is CCCCCCOc1ccc(NC(=O)c2ccccc2OC)cc1. The van der Waals surface area contributed by atoms with Gasteiger partial charge in [0.15, 0.2) is 0 Å². The quantitative estimate of drug-likeness (QED) is 0.666. The topological polar surface area (TPSA) is 47.6 Å². The molecule has 1 N–H and O–H groups in total. The Balaban J connectivity index is 1.88. The Morgan fingerprint density at radius 2 is 1.75 bits per heavy atom. The smallest absolute Gasteiger partial charge is 0.259 e. The summed E-state index contributed by atoms with van der Waals surface area (Å²) in [6, 6.07) is 14.6. The van der Waals surface area contributed by atoms with Crippen molar-refractivity contribution in [3.05, 3.63) is 54.1 Å². The van der Waals surface area contributed by atoms with Crippen LogP contribution in [0, 0.1) is 0 Å². The first-order valence-electron chi connectivity index (χ1n) is 8.42. The molecule has 128 valence electrons. The van der Waals surface area contributed by atoms with E-state index >= 15 is 0 Å². The van der Waals surface area contributed by atoms with Crippen LogP contribution in [-0.4, -0.2) is 19.6 Å². The summed E-state index contributed by atoms with van der Waals surface area (Å²) in [6.45, 7) is 2.92. The van der Waals surface area contributed by atoms with Crippen LogP contribution in [-0.2, 0) is 0 Å². The molecule has 0 saturated heterocycles. The molecule has 0 atom stereocenters. The minimum Gasteiger partial charge on any atom is -0.496 e. The van der Waals surface area contributed by atoms with Crippen molar-refractivity contribution in [2.24, 2.45) is 0 Å². The van der Waals surface area contributed by atoms with E-state index in [4.69, 9.17) is 9.47 Å². The third-order valence-corrected chi connectivity index (χ3v) is 3.73. The lowest BCUT2D eigenvalue weighted by molar-refractivity contribution is 0.102. The van der Waals surface area contributed by atoms with Crippen molar-refractivity contribution in [1.82, 2.24) is 0 Å². The molecule has 24 heavy (non-hydrogen) atoms. The van der Waals surface area contributed by atoms with Crippen LogP contribution < -0.4 is 14.8 Å². The number of rotatable bonds is 9. The number of para-hydroxylation sites is 1. The average Bonchev–Trinajstić information content (AvgIpc) is 2.63. The fraction of sp³-hybridized carbons (Fsp3) is 0.350. The van der Waals surface area contributed by atoms with Crippen molar-refractivity contribution < 1.29 is 14.3 Å². The molecule has 1 amide bonds. The van der Waals surface area contributed by atoms with Crippen molar-refractivity contribution in [3.8, 4) is 11.5 Å². The fourth-order valence-corrected chi connectivity index (χ4v) is 2.38. The fourth-order valence-electron chi connectivity index (χ4n) is 2.38.